The summed E-state index contributed by atoms with van der Waals surface area (Å²) in [5.41, 5.74) is 0.954. The average molecular weight is 297 g/mol. The van der Waals surface area contributed by atoms with Crippen LogP contribution in [0.15, 0.2) is 29.2 Å². The van der Waals surface area contributed by atoms with Gasteiger partial charge in [0.05, 0.1) is 10.6 Å². The average Bonchev–Trinajstić information content (AvgIpc) is 2.87. The SMILES string of the molecule is CCS(=O)(=O)c1ccc(N[C@@H]2CCC[C@@H]2CCO)cc1. The van der Waals surface area contributed by atoms with Gasteiger partial charge in [-0.2, -0.15) is 0 Å². The molecule has 20 heavy (non-hydrogen) atoms. The van der Waals surface area contributed by atoms with Gasteiger partial charge in [-0.1, -0.05) is 13.3 Å². The molecule has 0 heterocycles. The molecule has 112 valence electrons. The maximum atomic E-state index is 11.7. The van der Waals surface area contributed by atoms with Gasteiger partial charge in [-0.25, -0.2) is 8.42 Å². The van der Waals surface area contributed by atoms with E-state index in [2.05, 4.69) is 5.32 Å². The molecule has 5 heteroatoms. The van der Waals surface area contributed by atoms with Crippen LogP contribution in [0.5, 0.6) is 0 Å². The first kappa shape index (κ1) is 15.3. The van der Waals surface area contributed by atoms with Crippen LogP contribution in [0.25, 0.3) is 0 Å². The Kier molecular flexibility index (Phi) is 5.05. The topological polar surface area (TPSA) is 66.4 Å². The van der Waals surface area contributed by atoms with Crippen LogP contribution >= 0.6 is 0 Å². The summed E-state index contributed by atoms with van der Waals surface area (Å²) in [6.07, 6.45) is 4.28. The minimum Gasteiger partial charge on any atom is -0.396 e. The Morgan fingerprint density at radius 1 is 1.25 bits per heavy atom. The smallest absolute Gasteiger partial charge is 0.178 e. The normalized spacial score (nSPS) is 22.9. The molecule has 0 radical (unpaired) electrons. The molecule has 0 bridgehead atoms. The van der Waals surface area contributed by atoms with Crippen molar-refractivity contribution in [2.75, 3.05) is 17.7 Å². The fourth-order valence-corrected chi connectivity index (χ4v) is 3.76. The van der Waals surface area contributed by atoms with Crippen molar-refractivity contribution in [1.82, 2.24) is 0 Å². The van der Waals surface area contributed by atoms with Crippen molar-refractivity contribution in [2.45, 2.75) is 43.5 Å². The van der Waals surface area contributed by atoms with Gasteiger partial charge >= 0.3 is 0 Å². The Bertz CT molecular complexity index is 525. The zero-order chi connectivity index (χ0) is 14.6. The highest BCUT2D eigenvalue weighted by atomic mass is 32.2. The third-order valence-corrected chi connectivity index (χ3v) is 5.85. The van der Waals surface area contributed by atoms with Crippen LogP contribution in [0.2, 0.25) is 0 Å². The van der Waals surface area contributed by atoms with Gasteiger partial charge in [-0.3, -0.25) is 0 Å². The third kappa shape index (κ3) is 3.52. The second-order valence-electron chi connectivity index (χ2n) is 5.38. The van der Waals surface area contributed by atoms with Crippen molar-refractivity contribution in [3.8, 4) is 0 Å². The first-order chi connectivity index (χ1) is 9.56. The zero-order valence-corrected chi connectivity index (χ0v) is 12.7. The van der Waals surface area contributed by atoms with E-state index in [0.717, 1.165) is 24.9 Å². The number of benzene rings is 1. The van der Waals surface area contributed by atoms with E-state index >= 15 is 0 Å². The van der Waals surface area contributed by atoms with E-state index in [9.17, 15) is 8.42 Å². The van der Waals surface area contributed by atoms with Gasteiger partial charge in [-0.05, 0) is 49.4 Å². The standard InChI is InChI=1S/C15H23NO3S/c1-2-20(18,19)14-8-6-13(7-9-14)16-15-5-3-4-12(15)10-11-17/h6-9,12,15-17H,2-5,10-11H2,1H3/t12-,15-/m1/s1. The van der Waals surface area contributed by atoms with E-state index in [1.807, 2.05) is 12.1 Å². The lowest BCUT2D eigenvalue weighted by molar-refractivity contribution is 0.254. The first-order valence-electron chi connectivity index (χ1n) is 7.27. The summed E-state index contributed by atoms with van der Waals surface area (Å²) < 4.78 is 23.5. The summed E-state index contributed by atoms with van der Waals surface area (Å²) >= 11 is 0. The summed E-state index contributed by atoms with van der Waals surface area (Å²) in [5, 5.41) is 12.5. The van der Waals surface area contributed by atoms with Crippen molar-refractivity contribution in [2.24, 2.45) is 5.92 Å². The van der Waals surface area contributed by atoms with Gasteiger partial charge in [0.15, 0.2) is 9.84 Å². The Morgan fingerprint density at radius 3 is 2.55 bits per heavy atom. The molecule has 1 aromatic carbocycles. The highest BCUT2D eigenvalue weighted by Crippen LogP contribution is 2.31. The van der Waals surface area contributed by atoms with E-state index < -0.39 is 9.84 Å². The lowest BCUT2D eigenvalue weighted by atomic mass is 10.00. The van der Waals surface area contributed by atoms with E-state index in [0.29, 0.717) is 16.9 Å². The molecule has 1 aliphatic rings. The first-order valence-corrected chi connectivity index (χ1v) is 8.92. The summed E-state index contributed by atoms with van der Waals surface area (Å²) in [7, 11) is -3.12. The maximum absolute atomic E-state index is 11.7. The summed E-state index contributed by atoms with van der Waals surface area (Å²) in [6.45, 7) is 1.88. The van der Waals surface area contributed by atoms with Crippen LogP contribution in [-0.4, -0.2) is 31.9 Å². The molecule has 2 atom stereocenters. The fourth-order valence-electron chi connectivity index (χ4n) is 2.88. The van der Waals surface area contributed by atoms with E-state index in [-0.39, 0.29) is 12.4 Å². The quantitative estimate of drug-likeness (QED) is 0.846. The molecule has 0 aromatic heterocycles. The van der Waals surface area contributed by atoms with Crippen molar-refractivity contribution < 1.29 is 13.5 Å². The van der Waals surface area contributed by atoms with Crippen LogP contribution in [0.1, 0.15) is 32.6 Å². The van der Waals surface area contributed by atoms with Gasteiger partial charge in [0, 0.05) is 18.3 Å². The molecule has 0 amide bonds. The van der Waals surface area contributed by atoms with Crippen LogP contribution in [0, 0.1) is 5.92 Å². The highest BCUT2D eigenvalue weighted by molar-refractivity contribution is 7.91. The second kappa shape index (κ2) is 6.59. The van der Waals surface area contributed by atoms with Crippen LogP contribution < -0.4 is 5.32 Å². The van der Waals surface area contributed by atoms with Gasteiger partial charge in [0.25, 0.3) is 0 Å². The molecule has 1 aliphatic carbocycles. The Hall–Kier alpha value is -1.07. The van der Waals surface area contributed by atoms with Crippen LogP contribution in [-0.2, 0) is 9.84 Å². The molecule has 1 fully saturated rings. The summed E-state index contributed by atoms with van der Waals surface area (Å²) in [4.78, 5) is 0.379. The molecule has 2 rings (SSSR count). The molecule has 4 nitrogen and oxygen atoms in total. The predicted molar refractivity (Wildman–Crippen MR) is 80.6 cm³/mol. The number of aliphatic hydroxyl groups excluding tert-OH is 1. The molecule has 1 aromatic rings. The Morgan fingerprint density at radius 2 is 1.95 bits per heavy atom. The number of hydrogen-bond donors (Lipinski definition) is 2. The lowest BCUT2D eigenvalue weighted by Crippen LogP contribution is -2.24. The van der Waals surface area contributed by atoms with Gasteiger partial charge in [-0.15, -0.1) is 0 Å². The predicted octanol–water partition coefficient (Wildman–Crippen LogP) is 2.44. The largest absolute Gasteiger partial charge is 0.396 e. The van der Waals surface area contributed by atoms with Crippen molar-refractivity contribution in [3.05, 3.63) is 24.3 Å². The second-order valence-corrected chi connectivity index (χ2v) is 7.66. The molecule has 0 spiro atoms. The molecular weight excluding hydrogens is 274 g/mol. The van der Waals surface area contributed by atoms with E-state index in [1.54, 1.807) is 19.1 Å². The van der Waals surface area contributed by atoms with Crippen molar-refractivity contribution >= 4 is 15.5 Å². The monoisotopic (exact) mass is 297 g/mol. The number of nitrogens with one attached hydrogen (secondary N) is 1. The van der Waals surface area contributed by atoms with Gasteiger partial charge in [0.2, 0.25) is 0 Å². The van der Waals surface area contributed by atoms with E-state index in [1.165, 1.54) is 6.42 Å². The van der Waals surface area contributed by atoms with E-state index in [4.69, 9.17) is 5.11 Å². The van der Waals surface area contributed by atoms with Crippen molar-refractivity contribution in [3.63, 3.8) is 0 Å². The highest BCUT2D eigenvalue weighted by Gasteiger charge is 2.26. The van der Waals surface area contributed by atoms with Crippen molar-refractivity contribution in [1.29, 1.82) is 0 Å². The number of sulfone groups is 1. The molecule has 0 unspecified atom stereocenters. The third-order valence-electron chi connectivity index (χ3n) is 4.10. The molecular formula is C15H23NO3S. The molecule has 2 N–H and O–H groups in total. The number of anilines is 1. The minimum atomic E-state index is -3.12. The fraction of sp³-hybridized carbons (Fsp3) is 0.600. The minimum absolute atomic E-state index is 0.126. The molecule has 0 aliphatic heterocycles. The summed E-state index contributed by atoms with van der Waals surface area (Å²) in [5.74, 6) is 0.639. The summed E-state index contributed by atoms with van der Waals surface area (Å²) in [6, 6.07) is 7.37. The Balaban J connectivity index is 2.04. The number of hydrogen-bond acceptors (Lipinski definition) is 4. The zero-order valence-electron chi connectivity index (χ0n) is 11.9. The molecule has 1 saturated carbocycles. The number of aliphatic hydroxyl groups is 1. The van der Waals surface area contributed by atoms with Gasteiger partial charge in [0.1, 0.15) is 0 Å². The Labute approximate surface area is 121 Å². The van der Waals surface area contributed by atoms with Gasteiger partial charge < -0.3 is 10.4 Å². The lowest BCUT2D eigenvalue weighted by Gasteiger charge is -2.21. The van der Waals surface area contributed by atoms with Crippen LogP contribution in [0.4, 0.5) is 5.69 Å². The number of rotatable bonds is 6. The molecule has 0 saturated heterocycles. The van der Waals surface area contributed by atoms with Crippen LogP contribution in [0.3, 0.4) is 0 Å². The maximum Gasteiger partial charge on any atom is 0.178 e.